The molecule has 0 unspecified atom stereocenters. The van der Waals surface area contributed by atoms with E-state index in [1.54, 1.807) is 47.6 Å². The van der Waals surface area contributed by atoms with Crippen LogP contribution >= 0.6 is 46.2 Å². The van der Waals surface area contributed by atoms with Crippen molar-refractivity contribution in [2.75, 3.05) is 32.3 Å². The Morgan fingerprint density at radius 2 is 0.966 bits per heavy atom. The maximum Gasteiger partial charge on any atom is 0.407 e. The van der Waals surface area contributed by atoms with E-state index in [1.807, 2.05) is 45.0 Å². The quantitative estimate of drug-likeness (QED) is 0.0480. The lowest BCUT2D eigenvalue weighted by molar-refractivity contribution is 0.0477. The van der Waals surface area contributed by atoms with Gasteiger partial charge in [-0.05, 0) is 172 Å². The van der Waals surface area contributed by atoms with Gasteiger partial charge in [0.2, 0.25) is 0 Å². The van der Waals surface area contributed by atoms with Crippen molar-refractivity contribution in [1.29, 1.82) is 10.5 Å². The Labute approximate surface area is 527 Å². The molecule has 13 N–H and O–H groups in total. The van der Waals surface area contributed by atoms with Gasteiger partial charge in [-0.1, -0.05) is 50.1 Å². The van der Waals surface area contributed by atoms with Gasteiger partial charge in [0.1, 0.15) is 49.3 Å². The highest BCUT2D eigenvalue weighted by molar-refractivity contribution is 7.10. The Morgan fingerprint density at radius 3 is 1.38 bits per heavy atom. The molecular formula is C58H76ClF3N18O5S3. The maximum atomic E-state index is 14.7. The molecule has 0 aromatic carbocycles. The molecule has 0 spiro atoms. The summed E-state index contributed by atoms with van der Waals surface area (Å²) in [4.78, 5) is 48.4. The van der Waals surface area contributed by atoms with Gasteiger partial charge in [0.05, 0.1) is 45.9 Å². The monoisotopic (exact) mass is 1290 g/mol. The summed E-state index contributed by atoms with van der Waals surface area (Å²) >= 11 is 9.67. The molecule has 3 fully saturated rings. The second kappa shape index (κ2) is 31.9. The fraction of sp³-hybridized carbons (Fsp3) is 0.500. The number of nitrogens with two attached hydrogens (primary N) is 3. The standard InChI is InChI=1S/C21H27FN6O2S.C17H22ClFN4O2.C16H21FN6OS.C4H6N2S/c1-12-9-17(31-28-12)26-18-13(11-23)10-14(22)19(27-18)24-15-7-5-6-8-16(15)25-20(29)30-21(2,3)4;1-17(2,3)25-16(24)22-13-7-5-4-6-12(13)21-15-11(19)8-10(9-20)14(18)23-15;1-8-6-13(25-23-8)21-15-9(14(19)24)7-10(17)16(22-15)20-12-5-3-2-4-11(12)18;1-3-2-4(5)7-6-3/h9-10,15-16H,5-8H2,1-4H3,(H,25,29)(H2,24,26,27);8,12-13H,4-7H2,1-3H3,(H,21,23)(H,22,24);6-7,11-12H,2-5,18H2,1H3,(H2,19,24)(H2,20,21,22);2H,5H2,1H3/t15-,16+;12-,13+;11-,12+;/m110./s1. The number of halogens is 4. The average molecular weight is 1290 g/mol. The normalized spacial score (nSPS) is 18.9. The third kappa shape index (κ3) is 21.8. The summed E-state index contributed by atoms with van der Waals surface area (Å²) < 4.78 is 66.2. The molecule has 6 aromatic heterocycles. The van der Waals surface area contributed by atoms with E-state index in [9.17, 15) is 32.8 Å². The number of carbonyl (C=O) groups is 3. The number of pyridine rings is 3. The minimum atomic E-state index is -0.754. The van der Waals surface area contributed by atoms with Gasteiger partial charge in [-0.3, -0.25) is 4.79 Å². The first kappa shape index (κ1) is 69.3. The molecule has 6 aromatic rings. The smallest absolute Gasteiger partial charge is 0.407 e. The van der Waals surface area contributed by atoms with Crippen molar-refractivity contribution in [3.63, 3.8) is 0 Å². The third-order valence-corrected chi connectivity index (χ3v) is 16.1. The van der Waals surface area contributed by atoms with E-state index in [2.05, 4.69) is 65.3 Å². The topological polar surface area (TPSA) is 357 Å². The zero-order valence-corrected chi connectivity index (χ0v) is 53.7. The molecule has 88 heavy (non-hydrogen) atoms. The lowest BCUT2D eigenvalue weighted by atomic mass is 9.90. The number of ether oxygens (including phenoxy) is 2. The number of nitriles is 2. The summed E-state index contributed by atoms with van der Waals surface area (Å²) in [6, 6.07) is 11.6. The van der Waals surface area contributed by atoms with Crippen molar-refractivity contribution < 1.29 is 37.0 Å². The summed E-state index contributed by atoms with van der Waals surface area (Å²) in [5.41, 5.74) is 18.4. The number of aryl methyl sites for hydroxylation is 3. The molecule has 30 heteroatoms. The Kier molecular flexibility index (Phi) is 25.1. The number of nitrogens with zero attached hydrogens (tertiary/aromatic N) is 8. The van der Waals surface area contributed by atoms with Gasteiger partial charge in [0.25, 0.3) is 5.91 Å². The van der Waals surface area contributed by atoms with Crippen LogP contribution in [0.3, 0.4) is 0 Å². The molecule has 0 bridgehead atoms. The van der Waals surface area contributed by atoms with Crippen LogP contribution in [0, 0.1) is 60.9 Å². The SMILES string of the molecule is CC(C)(C)OC(=O)N[C@H]1CCCC[C@H]1Nc1nc(Cl)c(C#N)cc1F.Cc1cc(N)sn1.Cc1cc(Nc2nc(N[C@@H]3CCCC[C@@H]3N)c(F)cc2C(N)=O)sn1.Cc1cc(Nc2nc(N[C@@H]3CCCC[C@@H]3NC(=O)OC(C)(C)C)c(F)cc2C#N)sn1. The number of hydrogen-bond donors (Lipinski definition) is 10. The van der Waals surface area contributed by atoms with Gasteiger partial charge in [0.15, 0.2) is 40.7 Å². The maximum absolute atomic E-state index is 14.7. The summed E-state index contributed by atoms with van der Waals surface area (Å²) in [6.45, 7) is 16.4. The molecule has 6 heterocycles. The third-order valence-electron chi connectivity index (χ3n) is 13.5. The Bertz CT molecular complexity index is 3420. The molecule has 0 aliphatic heterocycles. The number of alkyl carbamates (subject to hydrolysis) is 2. The van der Waals surface area contributed by atoms with E-state index in [0.717, 1.165) is 117 Å². The zero-order valence-electron chi connectivity index (χ0n) is 50.5. The van der Waals surface area contributed by atoms with Crippen molar-refractivity contribution in [2.45, 2.75) is 187 Å². The van der Waals surface area contributed by atoms with E-state index in [0.29, 0.717) is 10.0 Å². The van der Waals surface area contributed by atoms with Gasteiger partial charge >= 0.3 is 12.2 Å². The summed E-state index contributed by atoms with van der Waals surface area (Å²) in [5, 5.41) is 41.4. The fourth-order valence-electron chi connectivity index (χ4n) is 9.49. The van der Waals surface area contributed by atoms with E-state index in [4.69, 9.17) is 43.5 Å². The Balaban J connectivity index is 0.000000200. The first-order valence-electron chi connectivity index (χ1n) is 28.6. The van der Waals surface area contributed by atoms with Gasteiger partial charge in [0, 0.05) is 24.2 Å². The summed E-state index contributed by atoms with van der Waals surface area (Å²) in [7, 11) is 0. The fourth-order valence-corrected chi connectivity index (χ4v) is 11.5. The number of rotatable bonds is 13. The van der Waals surface area contributed by atoms with Crippen molar-refractivity contribution in [3.05, 3.63) is 92.8 Å². The van der Waals surface area contributed by atoms with Crippen LogP contribution in [0.4, 0.5) is 66.9 Å². The molecule has 3 aliphatic rings. The largest absolute Gasteiger partial charge is 0.444 e. The van der Waals surface area contributed by atoms with Crippen molar-refractivity contribution in [1.82, 2.24) is 38.7 Å². The molecular weight excluding hydrogens is 1220 g/mol. The highest BCUT2D eigenvalue weighted by Crippen LogP contribution is 2.32. The molecule has 23 nitrogen and oxygen atoms in total. The van der Waals surface area contributed by atoms with E-state index in [1.165, 1.54) is 34.6 Å². The molecule has 3 saturated carbocycles. The molecule has 0 saturated heterocycles. The average Bonchev–Trinajstić information content (AvgIpc) is 4.37. The lowest BCUT2D eigenvalue weighted by Crippen LogP contribution is -2.50. The van der Waals surface area contributed by atoms with E-state index >= 15 is 0 Å². The number of hydrogen-bond acceptors (Lipinski definition) is 23. The number of aromatic nitrogens is 6. The number of carbonyl (C=O) groups excluding carboxylic acids is 3. The number of anilines is 8. The second-order valence-electron chi connectivity index (χ2n) is 23.2. The van der Waals surface area contributed by atoms with Crippen LogP contribution in [-0.4, -0.2) is 93.6 Å². The van der Waals surface area contributed by atoms with Crippen LogP contribution in [0.1, 0.15) is 157 Å². The molecule has 474 valence electrons. The van der Waals surface area contributed by atoms with Gasteiger partial charge in [-0.2, -0.15) is 23.6 Å². The first-order chi connectivity index (χ1) is 41.6. The van der Waals surface area contributed by atoms with Gasteiger partial charge in [-0.25, -0.2) is 37.7 Å². The molecule has 0 radical (unpaired) electrons. The van der Waals surface area contributed by atoms with Crippen LogP contribution in [0.15, 0.2) is 36.4 Å². The predicted octanol–water partition coefficient (Wildman–Crippen LogP) is 12.4. The van der Waals surface area contributed by atoms with Crippen LogP contribution in [0.2, 0.25) is 5.15 Å². The van der Waals surface area contributed by atoms with Gasteiger partial charge < -0.3 is 63.9 Å². The van der Waals surface area contributed by atoms with Crippen LogP contribution in [0.25, 0.3) is 0 Å². The molecule has 9 rings (SSSR count). The number of amides is 3. The molecule has 3 aliphatic carbocycles. The summed E-state index contributed by atoms with van der Waals surface area (Å²) in [5.74, 6) is -2.12. The van der Waals surface area contributed by atoms with Crippen LogP contribution < -0.4 is 54.4 Å². The zero-order chi connectivity index (χ0) is 64.5. The minimum Gasteiger partial charge on any atom is -0.444 e. The highest BCUT2D eigenvalue weighted by atomic mass is 35.5. The van der Waals surface area contributed by atoms with Crippen molar-refractivity contribution >= 4 is 108 Å². The molecule has 3 amide bonds. The Morgan fingerprint density at radius 1 is 0.568 bits per heavy atom. The van der Waals surface area contributed by atoms with Crippen LogP contribution in [0.5, 0.6) is 0 Å². The number of primary amides is 1. The summed E-state index contributed by atoms with van der Waals surface area (Å²) in [6.07, 6.45) is 9.69. The molecule has 6 atom stereocenters. The minimum absolute atomic E-state index is 0.0120. The Hall–Kier alpha value is -7.83. The van der Waals surface area contributed by atoms with Crippen molar-refractivity contribution in [3.8, 4) is 12.1 Å². The first-order valence-corrected chi connectivity index (χ1v) is 31.3. The number of nitrogen functional groups attached to an aromatic ring is 1. The van der Waals surface area contributed by atoms with E-state index < -0.39 is 46.7 Å². The van der Waals surface area contributed by atoms with Crippen LogP contribution in [-0.2, 0) is 9.47 Å². The number of nitrogens with one attached hydrogen (secondary N) is 7. The van der Waals surface area contributed by atoms with Crippen molar-refractivity contribution in [2.24, 2.45) is 11.5 Å². The van der Waals surface area contributed by atoms with E-state index in [-0.39, 0.29) is 87.2 Å². The second-order valence-corrected chi connectivity index (χ2v) is 26.0. The predicted molar refractivity (Wildman–Crippen MR) is 339 cm³/mol. The van der Waals surface area contributed by atoms with Gasteiger partial charge in [-0.15, -0.1) is 0 Å². The lowest BCUT2D eigenvalue weighted by Gasteiger charge is -2.33. The highest BCUT2D eigenvalue weighted by Gasteiger charge is 2.32.